The molecule has 2 N–H and O–H groups in total. The summed E-state index contributed by atoms with van der Waals surface area (Å²) < 4.78 is 0. The molecule has 2 aliphatic carbocycles. The van der Waals surface area contributed by atoms with Crippen LogP contribution in [0.15, 0.2) is 0 Å². The SMILES string of the molecule is CCCCCC(C)CO.OC1CCC(C2CCCCC2)CC1. The van der Waals surface area contributed by atoms with Gasteiger partial charge in [0.05, 0.1) is 6.10 Å². The van der Waals surface area contributed by atoms with Crippen molar-refractivity contribution in [2.24, 2.45) is 17.8 Å². The van der Waals surface area contributed by atoms with Crippen LogP contribution in [0.1, 0.15) is 97.3 Å². The Hall–Kier alpha value is -0.0800. The second-order valence-corrected chi connectivity index (χ2v) is 7.75. The van der Waals surface area contributed by atoms with Crippen LogP contribution in [-0.2, 0) is 0 Å². The van der Waals surface area contributed by atoms with Crippen molar-refractivity contribution in [2.45, 2.75) is 103 Å². The number of unbranched alkanes of at least 4 members (excludes halogenated alkanes) is 2. The van der Waals surface area contributed by atoms with Gasteiger partial charge in [-0.1, -0.05) is 65.2 Å². The molecule has 0 radical (unpaired) electrons. The Labute approximate surface area is 138 Å². The summed E-state index contributed by atoms with van der Waals surface area (Å²) >= 11 is 0. The molecule has 2 nitrogen and oxygen atoms in total. The first-order valence-electron chi connectivity index (χ1n) is 9.96. The Morgan fingerprint density at radius 3 is 2.00 bits per heavy atom. The maximum atomic E-state index is 9.43. The van der Waals surface area contributed by atoms with Gasteiger partial charge in [0.1, 0.15) is 0 Å². The van der Waals surface area contributed by atoms with Gasteiger partial charge in [0.25, 0.3) is 0 Å². The van der Waals surface area contributed by atoms with Crippen molar-refractivity contribution >= 4 is 0 Å². The van der Waals surface area contributed by atoms with Crippen LogP contribution in [0.2, 0.25) is 0 Å². The molecule has 0 aliphatic heterocycles. The minimum absolute atomic E-state index is 0.0276. The third-order valence-electron chi connectivity index (χ3n) is 5.67. The number of hydrogen-bond donors (Lipinski definition) is 2. The summed E-state index contributed by atoms with van der Waals surface area (Å²) in [5, 5.41) is 18.1. The zero-order valence-corrected chi connectivity index (χ0v) is 15.1. The third-order valence-corrected chi connectivity index (χ3v) is 5.67. The fourth-order valence-electron chi connectivity index (χ4n) is 4.01. The van der Waals surface area contributed by atoms with Gasteiger partial charge in [0.2, 0.25) is 0 Å². The van der Waals surface area contributed by atoms with Crippen molar-refractivity contribution in [3.8, 4) is 0 Å². The highest BCUT2D eigenvalue weighted by Crippen LogP contribution is 2.38. The fraction of sp³-hybridized carbons (Fsp3) is 1.00. The molecule has 0 amide bonds. The largest absolute Gasteiger partial charge is 0.396 e. The van der Waals surface area contributed by atoms with Crippen LogP contribution in [0.4, 0.5) is 0 Å². The zero-order chi connectivity index (χ0) is 16.2. The molecule has 22 heavy (non-hydrogen) atoms. The van der Waals surface area contributed by atoms with E-state index in [9.17, 15) is 5.11 Å². The minimum Gasteiger partial charge on any atom is -0.396 e. The summed E-state index contributed by atoms with van der Waals surface area (Å²) in [6.45, 7) is 4.64. The van der Waals surface area contributed by atoms with Crippen LogP contribution >= 0.6 is 0 Å². The Morgan fingerprint density at radius 2 is 1.45 bits per heavy atom. The molecule has 132 valence electrons. The van der Waals surface area contributed by atoms with E-state index in [2.05, 4.69) is 13.8 Å². The fourth-order valence-corrected chi connectivity index (χ4v) is 4.01. The van der Waals surface area contributed by atoms with Crippen LogP contribution in [0, 0.1) is 17.8 Å². The number of aliphatic hydroxyl groups excluding tert-OH is 2. The Kier molecular flexibility index (Phi) is 11.2. The summed E-state index contributed by atoms with van der Waals surface area (Å²) in [6, 6.07) is 0. The zero-order valence-electron chi connectivity index (χ0n) is 15.1. The molecule has 0 aromatic heterocycles. The van der Waals surface area contributed by atoms with Crippen molar-refractivity contribution in [3.05, 3.63) is 0 Å². The molecular weight excluding hydrogens is 272 g/mol. The molecule has 2 aliphatic rings. The van der Waals surface area contributed by atoms with Crippen molar-refractivity contribution in [2.75, 3.05) is 6.61 Å². The maximum Gasteiger partial charge on any atom is 0.0540 e. The van der Waals surface area contributed by atoms with E-state index in [0.29, 0.717) is 12.5 Å². The number of hydrogen-bond acceptors (Lipinski definition) is 2. The molecular formula is C20H40O2. The van der Waals surface area contributed by atoms with Gasteiger partial charge in [-0.25, -0.2) is 0 Å². The second kappa shape index (κ2) is 12.4. The van der Waals surface area contributed by atoms with Crippen LogP contribution < -0.4 is 0 Å². The van der Waals surface area contributed by atoms with Gasteiger partial charge in [0.15, 0.2) is 0 Å². The molecule has 2 heteroatoms. The monoisotopic (exact) mass is 312 g/mol. The lowest BCUT2D eigenvalue weighted by Crippen LogP contribution is -2.25. The standard InChI is InChI=1S/C12H22O.C8H18O/c13-12-8-6-11(7-9-12)10-4-2-1-3-5-10;1-3-4-5-6-8(2)7-9/h10-13H,1-9H2;8-9H,3-7H2,1-2H3. The summed E-state index contributed by atoms with van der Waals surface area (Å²) in [7, 11) is 0. The van der Waals surface area contributed by atoms with Crippen molar-refractivity contribution in [3.63, 3.8) is 0 Å². The van der Waals surface area contributed by atoms with Gasteiger partial charge in [0, 0.05) is 6.61 Å². The lowest BCUT2D eigenvalue weighted by Gasteiger charge is -2.34. The van der Waals surface area contributed by atoms with Crippen LogP contribution in [0.5, 0.6) is 0 Å². The predicted molar refractivity (Wildman–Crippen MR) is 94.9 cm³/mol. The summed E-state index contributed by atoms with van der Waals surface area (Å²) in [6.07, 6.45) is 17.1. The number of rotatable bonds is 6. The first-order chi connectivity index (χ1) is 10.7. The summed E-state index contributed by atoms with van der Waals surface area (Å²) in [5.74, 6) is 2.49. The second-order valence-electron chi connectivity index (χ2n) is 7.75. The minimum atomic E-state index is 0.0276. The van der Waals surface area contributed by atoms with Crippen LogP contribution in [-0.4, -0.2) is 22.9 Å². The quantitative estimate of drug-likeness (QED) is 0.652. The molecule has 0 aromatic rings. The Bertz CT molecular complexity index is 240. The Balaban J connectivity index is 0.000000239. The lowest BCUT2D eigenvalue weighted by molar-refractivity contribution is 0.0822. The average molecular weight is 313 g/mol. The van der Waals surface area contributed by atoms with Gasteiger partial charge in [-0.2, -0.15) is 0 Å². The normalized spacial score (nSPS) is 27.8. The van der Waals surface area contributed by atoms with Crippen molar-refractivity contribution in [1.82, 2.24) is 0 Å². The Morgan fingerprint density at radius 1 is 0.864 bits per heavy atom. The van der Waals surface area contributed by atoms with E-state index in [-0.39, 0.29) is 6.10 Å². The third kappa shape index (κ3) is 8.53. The van der Waals surface area contributed by atoms with E-state index in [1.165, 1.54) is 70.6 Å². The van der Waals surface area contributed by atoms with Gasteiger partial charge < -0.3 is 10.2 Å². The molecule has 1 unspecified atom stereocenters. The average Bonchev–Trinajstić information content (AvgIpc) is 2.57. The van der Waals surface area contributed by atoms with Gasteiger partial charge in [-0.3, -0.25) is 0 Å². The molecule has 0 saturated heterocycles. The van der Waals surface area contributed by atoms with E-state index in [1.807, 2.05) is 0 Å². The van der Waals surface area contributed by atoms with Crippen LogP contribution in [0.25, 0.3) is 0 Å². The maximum absolute atomic E-state index is 9.43. The predicted octanol–water partition coefficient (Wildman–Crippen LogP) is 5.31. The van der Waals surface area contributed by atoms with Gasteiger partial charge in [-0.05, 0) is 49.9 Å². The highest BCUT2D eigenvalue weighted by atomic mass is 16.3. The highest BCUT2D eigenvalue weighted by molar-refractivity contribution is 4.79. The van der Waals surface area contributed by atoms with Crippen LogP contribution in [0.3, 0.4) is 0 Å². The molecule has 0 bridgehead atoms. The van der Waals surface area contributed by atoms with E-state index in [1.54, 1.807) is 0 Å². The van der Waals surface area contributed by atoms with E-state index >= 15 is 0 Å². The van der Waals surface area contributed by atoms with E-state index in [4.69, 9.17) is 5.11 Å². The lowest BCUT2D eigenvalue weighted by atomic mass is 9.73. The topological polar surface area (TPSA) is 40.5 Å². The first-order valence-corrected chi connectivity index (χ1v) is 9.96. The molecule has 2 saturated carbocycles. The molecule has 0 heterocycles. The number of aliphatic hydroxyl groups is 2. The van der Waals surface area contributed by atoms with Crippen molar-refractivity contribution < 1.29 is 10.2 Å². The highest BCUT2D eigenvalue weighted by Gasteiger charge is 2.27. The molecule has 0 aromatic carbocycles. The summed E-state index contributed by atoms with van der Waals surface area (Å²) in [4.78, 5) is 0. The first kappa shape index (κ1) is 20.0. The molecule has 2 rings (SSSR count). The van der Waals surface area contributed by atoms with Crippen molar-refractivity contribution in [1.29, 1.82) is 0 Å². The van der Waals surface area contributed by atoms with Gasteiger partial charge in [-0.15, -0.1) is 0 Å². The van der Waals surface area contributed by atoms with Gasteiger partial charge >= 0.3 is 0 Å². The molecule has 1 atom stereocenters. The molecule has 2 fully saturated rings. The summed E-state index contributed by atoms with van der Waals surface area (Å²) in [5.41, 5.74) is 0. The van der Waals surface area contributed by atoms with E-state index < -0.39 is 0 Å². The molecule has 0 spiro atoms. The smallest absolute Gasteiger partial charge is 0.0540 e. The van der Waals surface area contributed by atoms with E-state index in [0.717, 1.165) is 24.7 Å².